The molecular formula is C14H17BrN2. The lowest BCUT2D eigenvalue weighted by atomic mass is 9.83. The van der Waals surface area contributed by atoms with E-state index in [1.54, 1.807) is 0 Å². The highest BCUT2D eigenvalue weighted by Gasteiger charge is 2.26. The van der Waals surface area contributed by atoms with Crippen LogP contribution in [0.5, 0.6) is 0 Å². The van der Waals surface area contributed by atoms with E-state index < -0.39 is 0 Å². The van der Waals surface area contributed by atoms with E-state index in [1.165, 1.54) is 32.1 Å². The van der Waals surface area contributed by atoms with E-state index in [0.29, 0.717) is 5.56 Å². The molecule has 1 fully saturated rings. The number of halogens is 1. The Hall–Kier alpha value is -1.01. The number of nitrogens with zero attached hydrogens (tertiary/aromatic N) is 1. The van der Waals surface area contributed by atoms with E-state index in [1.807, 2.05) is 18.2 Å². The van der Waals surface area contributed by atoms with E-state index in [2.05, 4.69) is 34.2 Å². The minimum absolute atomic E-state index is 0.203. The van der Waals surface area contributed by atoms with Crippen molar-refractivity contribution >= 4 is 21.6 Å². The zero-order valence-electron chi connectivity index (χ0n) is 10.1. The molecule has 1 aliphatic rings. The van der Waals surface area contributed by atoms with Gasteiger partial charge in [-0.15, -0.1) is 0 Å². The number of nitriles is 1. The first-order chi connectivity index (χ1) is 8.13. The summed E-state index contributed by atoms with van der Waals surface area (Å²) in [6, 6.07) is 7.87. The Morgan fingerprint density at radius 3 is 2.59 bits per heavy atom. The topological polar surface area (TPSA) is 35.8 Å². The normalized spacial score (nSPS) is 18.4. The third-order valence-electron chi connectivity index (χ3n) is 3.49. The second kappa shape index (κ2) is 5.10. The Morgan fingerprint density at radius 2 is 2.00 bits per heavy atom. The molecule has 17 heavy (non-hydrogen) atoms. The molecule has 1 saturated carbocycles. The lowest BCUT2D eigenvalue weighted by molar-refractivity contribution is 0.349. The average molecular weight is 293 g/mol. The van der Waals surface area contributed by atoms with E-state index in [-0.39, 0.29) is 5.54 Å². The van der Waals surface area contributed by atoms with Gasteiger partial charge in [0.1, 0.15) is 0 Å². The molecule has 1 aromatic rings. The Morgan fingerprint density at radius 1 is 1.29 bits per heavy atom. The molecule has 1 aromatic carbocycles. The number of anilines is 1. The van der Waals surface area contributed by atoms with Crippen LogP contribution in [0.15, 0.2) is 22.7 Å². The third kappa shape index (κ3) is 3.01. The highest BCUT2D eigenvalue weighted by atomic mass is 79.9. The first kappa shape index (κ1) is 12.4. The minimum Gasteiger partial charge on any atom is -0.379 e. The first-order valence-corrected chi connectivity index (χ1v) is 6.90. The molecule has 0 bridgehead atoms. The molecule has 0 unspecified atom stereocenters. The highest BCUT2D eigenvalue weighted by molar-refractivity contribution is 9.10. The van der Waals surface area contributed by atoms with Gasteiger partial charge in [0.25, 0.3) is 0 Å². The third-order valence-corrected chi connectivity index (χ3v) is 4.15. The van der Waals surface area contributed by atoms with Crippen LogP contribution >= 0.6 is 15.9 Å². The summed E-state index contributed by atoms with van der Waals surface area (Å²) in [5.74, 6) is 0. The van der Waals surface area contributed by atoms with Crippen molar-refractivity contribution in [2.45, 2.75) is 44.6 Å². The summed E-state index contributed by atoms with van der Waals surface area (Å²) >= 11 is 3.53. The van der Waals surface area contributed by atoms with Gasteiger partial charge in [0.05, 0.1) is 11.6 Å². The maximum Gasteiger partial charge on any atom is 0.0992 e. The van der Waals surface area contributed by atoms with Crippen LogP contribution in [0, 0.1) is 11.3 Å². The zero-order valence-corrected chi connectivity index (χ0v) is 11.7. The zero-order chi connectivity index (χ0) is 12.3. The molecule has 1 N–H and O–H groups in total. The standard InChI is InChI=1S/C14H17BrN2/c1-14(7-3-2-4-8-14)17-13-6-5-11(10-16)9-12(13)15/h5-6,9,17H,2-4,7-8H2,1H3. The number of benzene rings is 1. The van der Waals surface area contributed by atoms with Crippen LogP contribution in [-0.4, -0.2) is 5.54 Å². The average Bonchev–Trinajstić information content (AvgIpc) is 2.32. The molecule has 0 heterocycles. The van der Waals surface area contributed by atoms with Gasteiger partial charge in [-0.25, -0.2) is 0 Å². The molecule has 0 aromatic heterocycles. The van der Waals surface area contributed by atoms with Gasteiger partial charge < -0.3 is 5.32 Å². The fourth-order valence-corrected chi connectivity index (χ4v) is 2.95. The molecule has 2 nitrogen and oxygen atoms in total. The van der Waals surface area contributed by atoms with E-state index >= 15 is 0 Å². The van der Waals surface area contributed by atoms with Crippen LogP contribution in [0.1, 0.15) is 44.6 Å². The van der Waals surface area contributed by atoms with Crippen LogP contribution in [-0.2, 0) is 0 Å². The van der Waals surface area contributed by atoms with Crippen LogP contribution < -0.4 is 5.32 Å². The molecule has 0 spiro atoms. The van der Waals surface area contributed by atoms with Gasteiger partial charge >= 0.3 is 0 Å². The summed E-state index contributed by atoms with van der Waals surface area (Å²) in [6.07, 6.45) is 6.40. The van der Waals surface area contributed by atoms with E-state index in [0.717, 1.165) is 10.2 Å². The largest absolute Gasteiger partial charge is 0.379 e. The van der Waals surface area contributed by atoms with Gasteiger partial charge in [0, 0.05) is 15.7 Å². The van der Waals surface area contributed by atoms with Crippen molar-refractivity contribution in [3.63, 3.8) is 0 Å². The van der Waals surface area contributed by atoms with Crippen molar-refractivity contribution in [2.75, 3.05) is 5.32 Å². The molecule has 0 atom stereocenters. The second-order valence-electron chi connectivity index (χ2n) is 5.05. The van der Waals surface area contributed by atoms with E-state index in [9.17, 15) is 0 Å². The number of hydrogen-bond acceptors (Lipinski definition) is 2. The summed E-state index contributed by atoms with van der Waals surface area (Å²) in [6.45, 7) is 2.29. The highest BCUT2D eigenvalue weighted by Crippen LogP contribution is 2.34. The predicted octanol–water partition coefficient (Wildman–Crippen LogP) is 4.46. The number of hydrogen-bond donors (Lipinski definition) is 1. The van der Waals surface area contributed by atoms with Crippen molar-refractivity contribution in [1.82, 2.24) is 0 Å². The van der Waals surface area contributed by atoms with E-state index in [4.69, 9.17) is 5.26 Å². The van der Waals surface area contributed by atoms with Gasteiger partial charge in [-0.3, -0.25) is 0 Å². The fourth-order valence-electron chi connectivity index (χ4n) is 2.47. The van der Waals surface area contributed by atoms with Crippen molar-refractivity contribution < 1.29 is 0 Å². The lowest BCUT2D eigenvalue weighted by Gasteiger charge is -2.36. The maximum absolute atomic E-state index is 8.83. The summed E-state index contributed by atoms with van der Waals surface area (Å²) in [7, 11) is 0. The molecule has 1 aliphatic carbocycles. The SMILES string of the molecule is CC1(Nc2ccc(C#N)cc2Br)CCCCC1. The van der Waals surface area contributed by atoms with Crippen LogP contribution in [0.3, 0.4) is 0 Å². The number of nitrogens with one attached hydrogen (secondary N) is 1. The monoisotopic (exact) mass is 292 g/mol. The Labute approximate surface area is 111 Å². The molecule has 3 heteroatoms. The molecule has 0 radical (unpaired) electrons. The minimum atomic E-state index is 0.203. The van der Waals surface area contributed by atoms with Crippen molar-refractivity contribution in [2.24, 2.45) is 0 Å². The van der Waals surface area contributed by atoms with Crippen molar-refractivity contribution in [3.05, 3.63) is 28.2 Å². The van der Waals surface area contributed by atoms with Crippen LogP contribution in [0.2, 0.25) is 0 Å². The van der Waals surface area contributed by atoms with Gasteiger partial charge in [-0.1, -0.05) is 19.3 Å². The summed E-state index contributed by atoms with van der Waals surface area (Å²) in [4.78, 5) is 0. The molecule has 90 valence electrons. The predicted molar refractivity (Wildman–Crippen MR) is 74.0 cm³/mol. The van der Waals surface area contributed by atoms with Gasteiger partial charge in [-0.05, 0) is 53.9 Å². The van der Waals surface area contributed by atoms with Gasteiger partial charge in [-0.2, -0.15) is 5.26 Å². The summed E-state index contributed by atoms with van der Waals surface area (Å²) in [5.41, 5.74) is 1.99. The van der Waals surface area contributed by atoms with Crippen molar-refractivity contribution in [3.8, 4) is 6.07 Å². The first-order valence-electron chi connectivity index (χ1n) is 6.11. The molecule has 0 aliphatic heterocycles. The Bertz CT molecular complexity index is 442. The second-order valence-corrected chi connectivity index (χ2v) is 5.91. The molecule has 2 rings (SSSR count). The maximum atomic E-state index is 8.83. The fraction of sp³-hybridized carbons (Fsp3) is 0.500. The van der Waals surface area contributed by atoms with Crippen LogP contribution in [0.25, 0.3) is 0 Å². The lowest BCUT2D eigenvalue weighted by Crippen LogP contribution is -2.36. The van der Waals surface area contributed by atoms with Crippen LogP contribution in [0.4, 0.5) is 5.69 Å². The van der Waals surface area contributed by atoms with Gasteiger partial charge in [0.15, 0.2) is 0 Å². The quantitative estimate of drug-likeness (QED) is 0.874. The molecular weight excluding hydrogens is 276 g/mol. The van der Waals surface area contributed by atoms with Crippen molar-refractivity contribution in [1.29, 1.82) is 5.26 Å². The Balaban J connectivity index is 2.15. The Kier molecular flexibility index (Phi) is 3.73. The molecule has 0 amide bonds. The van der Waals surface area contributed by atoms with Gasteiger partial charge in [0.2, 0.25) is 0 Å². The molecule has 0 saturated heterocycles. The summed E-state index contributed by atoms with van der Waals surface area (Å²) in [5, 5.41) is 12.5. The summed E-state index contributed by atoms with van der Waals surface area (Å²) < 4.78 is 0.975. The number of rotatable bonds is 2. The smallest absolute Gasteiger partial charge is 0.0992 e.